The minimum absolute atomic E-state index is 1.27. The summed E-state index contributed by atoms with van der Waals surface area (Å²) in [6.07, 6.45) is 0. The van der Waals surface area contributed by atoms with Crippen LogP contribution in [-0.2, 0) is 0 Å². The van der Waals surface area contributed by atoms with Gasteiger partial charge in [0.2, 0.25) is 0 Å². The van der Waals surface area contributed by atoms with Crippen LogP contribution in [0, 0.1) is 0 Å². The van der Waals surface area contributed by atoms with Gasteiger partial charge in [-0.15, -0.1) is 0 Å². The van der Waals surface area contributed by atoms with Crippen molar-refractivity contribution in [1.29, 1.82) is 0 Å². The molecule has 0 heterocycles. The summed E-state index contributed by atoms with van der Waals surface area (Å²) < 4.78 is 4.40. The second kappa shape index (κ2) is 7.55. The number of benzene rings is 4. The molecule has 0 fully saturated rings. The van der Waals surface area contributed by atoms with Gasteiger partial charge in [0, 0.05) is 0 Å². The Balaban J connectivity index is 1.75. The van der Waals surface area contributed by atoms with Crippen LogP contribution in [0.2, 0.25) is 0 Å². The Morgan fingerprint density at radius 1 is 0.320 bits per heavy atom. The standard InChI is InChI=1S/C24H19As/c1-4-10-20(11-5-1)21-16-18-24(19-17-21)25(22-12-6-2-7-13-22)23-14-8-3-9-15-23/h1-19H. The molecule has 0 N–H and O–H groups in total. The molecule has 120 valence electrons. The molecule has 0 unspecified atom stereocenters. The first-order valence-electron chi connectivity index (χ1n) is 8.47. The fourth-order valence-electron chi connectivity index (χ4n) is 3.03. The molecular formula is C24H19As. The fourth-order valence-corrected chi connectivity index (χ4v) is 7.82. The van der Waals surface area contributed by atoms with Crippen molar-refractivity contribution in [3.8, 4) is 11.1 Å². The molecule has 0 aliphatic carbocycles. The summed E-state index contributed by atoms with van der Waals surface area (Å²) in [5.41, 5.74) is 2.55. The Kier molecular flexibility index (Phi) is 4.81. The molecule has 0 saturated carbocycles. The van der Waals surface area contributed by atoms with E-state index < -0.39 is 14.7 Å². The molecule has 0 spiro atoms. The topological polar surface area (TPSA) is 0 Å². The van der Waals surface area contributed by atoms with E-state index in [4.69, 9.17) is 0 Å². The van der Waals surface area contributed by atoms with Crippen LogP contribution in [0.5, 0.6) is 0 Å². The van der Waals surface area contributed by atoms with E-state index in [9.17, 15) is 0 Å². The van der Waals surface area contributed by atoms with E-state index in [1.807, 2.05) is 0 Å². The Labute approximate surface area is 154 Å². The Bertz CT molecular complexity index is 874. The van der Waals surface area contributed by atoms with E-state index in [0.29, 0.717) is 0 Å². The first-order valence-corrected chi connectivity index (χ1v) is 11.3. The van der Waals surface area contributed by atoms with Gasteiger partial charge in [-0.3, -0.25) is 0 Å². The van der Waals surface area contributed by atoms with Crippen LogP contribution in [0.1, 0.15) is 0 Å². The van der Waals surface area contributed by atoms with Gasteiger partial charge in [-0.25, -0.2) is 0 Å². The van der Waals surface area contributed by atoms with Gasteiger partial charge >= 0.3 is 154 Å². The van der Waals surface area contributed by atoms with Crippen molar-refractivity contribution in [2.45, 2.75) is 0 Å². The van der Waals surface area contributed by atoms with Crippen molar-refractivity contribution in [3.05, 3.63) is 115 Å². The van der Waals surface area contributed by atoms with Crippen LogP contribution in [-0.4, -0.2) is 14.7 Å². The average Bonchev–Trinajstić information content (AvgIpc) is 2.71. The van der Waals surface area contributed by atoms with E-state index >= 15 is 0 Å². The molecule has 0 atom stereocenters. The summed E-state index contributed by atoms with van der Waals surface area (Å²) in [6.45, 7) is 0. The molecule has 0 amide bonds. The Morgan fingerprint density at radius 3 is 1.16 bits per heavy atom. The van der Waals surface area contributed by atoms with E-state index in [0.717, 1.165) is 0 Å². The van der Waals surface area contributed by atoms with Crippen molar-refractivity contribution in [2.75, 3.05) is 0 Å². The van der Waals surface area contributed by atoms with E-state index in [1.54, 1.807) is 0 Å². The maximum absolute atomic E-state index is 2.32. The summed E-state index contributed by atoms with van der Waals surface area (Å²) in [4.78, 5) is 0. The molecule has 4 aromatic carbocycles. The maximum atomic E-state index is 2.32. The number of hydrogen-bond donors (Lipinski definition) is 0. The Morgan fingerprint density at radius 2 is 0.680 bits per heavy atom. The van der Waals surface area contributed by atoms with E-state index in [-0.39, 0.29) is 0 Å². The van der Waals surface area contributed by atoms with Crippen LogP contribution in [0.4, 0.5) is 0 Å². The summed E-state index contributed by atoms with van der Waals surface area (Å²) >= 11 is -1.51. The summed E-state index contributed by atoms with van der Waals surface area (Å²) in [5.74, 6) is 0. The van der Waals surface area contributed by atoms with Gasteiger partial charge in [0.1, 0.15) is 0 Å². The van der Waals surface area contributed by atoms with Gasteiger partial charge in [-0.2, -0.15) is 0 Å². The van der Waals surface area contributed by atoms with Gasteiger partial charge in [0.05, 0.1) is 0 Å². The third-order valence-electron chi connectivity index (χ3n) is 4.26. The zero-order valence-corrected chi connectivity index (χ0v) is 15.8. The Hall–Kier alpha value is -2.56. The van der Waals surface area contributed by atoms with Crippen LogP contribution < -0.4 is 13.1 Å². The second-order valence-corrected chi connectivity index (χ2v) is 10.6. The molecule has 0 aromatic heterocycles. The van der Waals surface area contributed by atoms with Crippen LogP contribution in [0.3, 0.4) is 0 Å². The van der Waals surface area contributed by atoms with Crippen LogP contribution >= 0.6 is 0 Å². The van der Waals surface area contributed by atoms with Gasteiger partial charge in [0.15, 0.2) is 0 Å². The van der Waals surface area contributed by atoms with Crippen molar-refractivity contribution < 1.29 is 0 Å². The summed E-state index contributed by atoms with van der Waals surface area (Å²) in [5, 5.41) is 0. The van der Waals surface area contributed by atoms with Crippen molar-refractivity contribution in [3.63, 3.8) is 0 Å². The van der Waals surface area contributed by atoms with Crippen molar-refractivity contribution >= 4 is 27.7 Å². The molecule has 1 heteroatoms. The molecule has 0 bridgehead atoms. The van der Waals surface area contributed by atoms with Crippen LogP contribution in [0.25, 0.3) is 11.1 Å². The summed E-state index contributed by atoms with van der Waals surface area (Å²) in [6, 6.07) is 41.6. The van der Waals surface area contributed by atoms with E-state index in [1.165, 1.54) is 24.2 Å². The molecule has 25 heavy (non-hydrogen) atoms. The monoisotopic (exact) mass is 382 g/mol. The molecule has 4 rings (SSSR count). The molecule has 0 saturated heterocycles. The predicted molar refractivity (Wildman–Crippen MR) is 109 cm³/mol. The van der Waals surface area contributed by atoms with Gasteiger partial charge in [0.25, 0.3) is 0 Å². The predicted octanol–water partition coefficient (Wildman–Crippen LogP) is 3.87. The van der Waals surface area contributed by atoms with Gasteiger partial charge in [-0.1, -0.05) is 0 Å². The molecule has 0 aliphatic rings. The fraction of sp³-hybridized carbons (Fsp3) is 0. The third-order valence-corrected chi connectivity index (χ3v) is 9.39. The number of rotatable bonds is 4. The van der Waals surface area contributed by atoms with Crippen molar-refractivity contribution in [1.82, 2.24) is 0 Å². The summed E-state index contributed by atoms with van der Waals surface area (Å²) in [7, 11) is 0. The molecule has 4 aromatic rings. The zero-order valence-electron chi connectivity index (χ0n) is 13.9. The van der Waals surface area contributed by atoms with Crippen LogP contribution in [0.15, 0.2) is 115 Å². The normalized spacial score (nSPS) is 10.8. The average molecular weight is 382 g/mol. The first-order chi connectivity index (χ1) is 12.4. The molecule has 0 aliphatic heterocycles. The molecule has 0 radical (unpaired) electrons. The third kappa shape index (κ3) is 3.60. The van der Waals surface area contributed by atoms with Gasteiger partial charge in [-0.05, 0) is 0 Å². The van der Waals surface area contributed by atoms with E-state index in [2.05, 4.69) is 115 Å². The second-order valence-electron chi connectivity index (χ2n) is 5.92. The quantitative estimate of drug-likeness (QED) is 0.470. The van der Waals surface area contributed by atoms with Gasteiger partial charge < -0.3 is 0 Å². The zero-order chi connectivity index (χ0) is 16.9. The minimum atomic E-state index is -1.51. The van der Waals surface area contributed by atoms with Crippen molar-refractivity contribution in [2.24, 2.45) is 0 Å². The SMILES string of the molecule is c1ccc(-c2ccc([As](c3ccccc3)c3ccccc3)cc2)cc1. The first kappa shape index (κ1) is 15.9. The molecule has 0 nitrogen and oxygen atoms in total. The number of hydrogen-bond acceptors (Lipinski definition) is 0. The molecular weight excluding hydrogens is 363 g/mol.